The van der Waals surface area contributed by atoms with E-state index in [-0.39, 0.29) is 0 Å². The molecule has 1 aliphatic carbocycles. The third kappa shape index (κ3) is 2.71. The Bertz CT molecular complexity index is 553. The molecule has 0 aliphatic heterocycles. The molecule has 0 atom stereocenters. The molecule has 2 aromatic rings. The third-order valence-electron chi connectivity index (χ3n) is 3.82. The molecule has 0 spiro atoms. The summed E-state index contributed by atoms with van der Waals surface area (Å²) in [6.45, 7) is 0. The molecule has 0 bridgehead atoms. The van der Waals surface area contributed by atoms with Crippen LogP contribution in [0.15, 0.2) is 23.0 Å². The van der Waals surface area contributed by atoms with Gasteiger partial charge < -0.3 is 14.2 Å². The van der Waals surface area contributed by atoms with Gasteiger partial charge in [0.05, 0.1) is 12.0 Å². The van der Waals surface area contributed by atoms with E-state index in [1.165, 1.54) is 6.42 Å². The van der Waals surface area contributed by atoms with Crippen LogP contribution in [0.3, 0.4) is 0 Å². The van der Waals surface area contributed by atoms with Gasteiger partial charge in [-0.15, -0.1) is 0 Å². The molecule has 5 heteroatoms. The third-order valence-corrected chi connectivity index (χ3v) is 3.82. The average Bonchev–Trinajstić information content (AvgIpc) is 2.98. The molecule has 1 N–H and O–H groups in total. The van der Waals surface area contributed by atoms with Gasteiger partial charge in [0.15, 0.2) is 0 Å². The van der Waals surface area contributed by atoms with Crippen LogP contribution in [0.1, 0.15) is 38.0 Å². The van der Waals surface area contributed by atoms with Crippen molar-refractivity contribution in [3.05, 3.63) is 24.4 Å². The molecule has 0 saturated heterocycles. The van der Waals surface area contributed by atoms with Crippen LogP contribution in [0.25, 0.3) is 11.4 Å². The van der Waals surface area contributed by atoms with Gasteiger partial charge in [-0.2, -0.15) is 4.98 Å². The zero-order chi connectivity index (χ0) is 13.3. The molecule has 0 radical (unpaired) electrons. The molecule has 0 aromatic carbocycles. The van der Waals surface area contributed by atoms with E-state index in [1.807, 2.05) is 30.1 Å². The van der Waals surface area contributed by atoms with Gasteiger partial charge in [-0.3, -0.25) is 0 Å². The van der Waals surface area contributed by atoms with Crippen LogP contribution in [-0.2, 0) is 13.5 Å². The molecular formula is C14H19N3O2. The molecule has 0 amide bonds. The molecule has 19 heavy (non-hydrogen) atoms. The second-order valence-electron chi connectivity index (χ2n) is 5.54. The first kappa shape index (κ1) is 12.4. The van der Waals surface area contributed by atoms with Crippen LogP contribution in [0.4, 0.5) is 0 Å². The molecule has 2 aromatic heterocycles. The molecule has 1 fully saturated rings. The molecule has 1 aliphatic rings. The van der Waals surface area contributed by atoms with Crippen LogP contribution < -0.4 is 0 Å². The van der Waals surface area contributed by atoms with Crippen LogP contribution in [0.2, 0.25) is 0 Å². The standard InChI is InChI=1S/C14H19N3O2/c1-17-8-5-11(10-17)13-15-12(19-16-13)9-14(18)6-3-2-4-7-14/h5,8,10,18H,2-4,6-7,9H2,1H3. The molecule has 0 unspecified atom stereocenters. The lowest BCUT2D eigenvalue weighted by atomic mass is 9.82. The van der Waals surface area contributed by atoms with E-state index in [1.54, 1.807) is 0 Å². The van der Waals surface area contributed by atoms with Crippen molar-refractivity contribution in [2.75, 3.05) is 0 Å². The molecule has 2 heterocycles. The van der Waals surface area contributed by atoms with Crippen molar-refractivity contribution >= 4 is 0 Å². The van der Waals surface area contributed by atoms with E-state index >= 15 is 0 Å². The lowest BCUT2D eigenvalue weighted by molar-refractivity contribution is -0.00181. The lowest BCUT2D eigenvalue weighted by Gasteiger charge is -2.30. The van der Waals surface area contributed by atoms with Gasteiger partial charge in [0.2, 0.25) is 11.7 Å². The first-order valence-electron chi connectivity index (χ1n) is 6.82. The smallest absolute Gasteiger partial charge is 0.229 e. The van der Waals surface area contributed by atoms with Crippen molar-refractivity contribution in [1.82, 2.24) is 14.7 Å². The summed E-state index contributed by atoms with van der Waals surface area (Å²) in [6, 6.07) is 1.95. The second kappa shape index (κ2) is 4.81. The Balaban J connectivity index is 1.74. The minimum atomic E-state index is -0.654. The number of aryl methyl sites for hydroxylation is 1. The second-order valence-corrected chi connectivity index (χ2v) is 5.54. The Morgan fingerprint density at radius 2 is 2.16 bits per heavy atom. The molecule has 5 nitrogen and oxygen atoms in total. The maximum absolute atomic E-state index is 10.5. The molecule has 102 valence electrons. The van der Waals surface area contributed by atoms with Gasteiger partial charge >= 0.3 is 0 Å². The fourth-order valence-corrected chi connectivity index (χ4v) is 2.75. The molecule has 1 saturated carbocycles. The minimum absolute atomic E-state index is 0.465. The highest BCUT2D eigenvalue weighted by Crippen LogP contribution is 2.31. The summed E-state index contributed by atoms with van der Waals surface area (Å²) in [5.41, 5.74) is 0.284. The van der Waals surface area contributed by atoms with Gasteiger partial charge in [-0.25, -0.2) is 0 Å². The van der Waals surface area contributed by atoms with E-state index < -0.39 is 5.60 Å². The summed E-state index contributed by atoms with van der Waals surface area (Å²) >= 11 is 0. The first-order valence-corrected chi connectivity index (χ1v) is 6.82. The Kier molecular flexibility index (Phi) is 3.14. The zero-order valence-corrected chi connectivity index (χ0v) is 11.2. The fourth-order valence-electron chi connectivity index (χ4n) is 2.75. The average molecular weight is 261 g/mol. The van der Waals surface area contributed by atoms with Crippen molar-refractivity contribution in [3.63, 3.8) is 0 Å². The predicted molar refractivity (Wildman–Crippen MR) is 70.4 cm³/mol. The minimum Gasteiger partial charge on any atom is -0.389 e. The van der Waals surface area contributed by atoms with Crippen molar-refractivity contribution in [3.8, 4) is 11.4 Å². The number of aliphatic hydroxyl groups is 1. The largest absolute Gasteiger partial charge is 0.389 e. The van der Waals surface area contributed by atoms with Crippen LogP contribution in [-0.4, -0.2) is 25.4 Å². The highest BCUT2D eigenvalue weighted by atomic mass is 16.5. The van der Waals surface area contributed by atoms with E-state index in [9.17, 15) is 5.11 Å². The van der Waals surface area contributed by atoms with Crippen molar-refractivity contribution < 1.29 is 9.63 Å². The number of hydrogen-bond donors (Lipinski definition) is 1. The van der Waals surface area contributed by atoms with Gasteiger partial charge in [0, 0.05) is 25.0 Å². The molecular weight excluding hydrogens is 242 g/mol. The summed E-state index contributed by atoms with van der Waals surface area (Å²) in [5, 5.41) is 14.5. The summed E-state index contributed by atoms with van der Waals surface area (Å²) < 4.78 is 7.21. The Hall–Kier alpha value is -1.62. The van der Waals surface area contributed by atoms with E-state index in [2.05, 4.69) is 10.1 Å². The van der Waals surface area contributed by atoms with Crippen LogP contribution in [0.5, 0.6) is 0 Å². The van der Waals surface area contributed by atoms with Crippen molar-refractivity contribution in [2.24, 2.45) is 7.05 Å². The summed E-state index contributed by atoms with van der Waals surface area (Å²) in [5.74, 6) is 1.12. The summed E-state index contributed by atoms with van der Waals surface area (Å²) in [4.78, 5) is 4.38. The molecule has 3 rings (SSSR count). The number of nitrogens with zero attached hydrogens (tertiary/aromatic N) is 3. The first-order chi connectivity index (χ1) is 9.15. The van der Waals surface area contributed by atoms with Crippen LogP contribution >= 0.6 is 0 Å². The number of rotatable bonds is 3. The number of hydrogen-bond acceptors (Lipinski definition) is 4. The maximum Gasteiger partial charge on any atom is 0.229 e. The van der Waals surface area contributed by atoms with E-state index in [0.29, 0.717) is 18.1 Å². The van der Waals surface area contributed by atoms with Crippen LogP contribution in [0, 0.1) is 0 Å². The Morgan fingerprint density at radius 3 is 2.84 bits per heavy atom. The summed E-state index contributed by atoms with van der Waals surface area (Å²) in [6.07, 6.45) is 9.39. The van der Waals surface area contributed by atoms with Gasteiger partial charge in [0.25, 0.3) is 0 Å². The topological polar surface area (TPSA) is 64.1 Å². The lowest BCUT2D eigenvalue weighted by Crippen LogP contribution is -2.33. The van der Waals surface area contributed by atoms with Gasteiger partial charge in [0.1, 0.15) is 0 Å². The normalized spacial score (nSPS) is 18.6. The van der Waals surface area contributed by atoms with E-state index in [4.69, 9.17) is 4.52 Å². The Morgan fingerprint density at radius 1 is 1.37 bits per heavy atom. The fraction of sp³-hybridized carbons (Fsp3) is 0.571. The predicted octanol–water partition coefficient (Wildman–Crippen LogP) is 2.31. The van der Waals surface area contributed by atoms with Gasteiger partial charge in [-0.05, 0) is 18.9 Å². The maximum atomic E-state index is 10.5. The highest BCUT2D eigenvalue weighted by Gasteiger charge is 2.31. The monoisotopic (exact) mass is 261 g/mol. The number of aromatic nitrogens is 3. The van der Waals surface area contributed by atoms with E-state index in [0.717, 1.165) is 31.2 Å². The van der Waals surface area contributed by atoms with Crippen molar-refractivity contribution in [2.45, 2.75) is 44.1 Å². The SMILES string of the molecule is Cn1ccc(-c2noc(CC3(O)CCCCC3)n2)c1. The zero-order valence-electron chi connectivity index (χ0n) is 11.2. The summed E-state index contributed by atoms with van der Waals surface area (Å²) in [7, 11) is 1.95. The van der Waals surface area contributed by atoms with Gasteiger partial charge in [-0.1, -0.05) is 24.4 Å². The Labute approximate surface area is 112 Å². The highest BCUT2D eigenvalue weighted by molar-refractivity contribution is 5.52. The quantitative estimate of drug-likeness (QED) is 0.920. The van der Waals surface area contributed by atoms with Crippen molar-refractivity contribution in [1.29, 1.82) is 0 Å².